The molecule has 1 heterocycles. The maximum absolute atomic E-state index is 11.3. The minimum atomic E-state index is -0.0423. The first kappa shape index (κ1) is 10.5. The number of imidazole rings is 1. The molecule has 1 aliphatic rings. The van der Waals surface area contributed by atoms with Crippen LogP contribution in [0, 0.1) is 0 Å². The molecule has 0 aromatic carbocycles. The van der Waals surface area contributed by atoms with Crippen molar-refractivity contribution in [3.63, 3.8) is 0 Å². The van der Waals surface area contributed by atoms with E-state index >= 15 is 0 Å². The molecule has 0 spiro atoms. The Hall–Kier alpha value is -0.990. The van der Waals surface area contributed by atoms with Gasteiger partial charge in [-0.2, -0.15) is 0 Å². The second kappa shape index (κ2) is 4.25. The lowest BCUT2D eigenvalue weighted by Gasteiger charge is -2.22. The van der Waals surface area contributed by atoms with Crippen molar-refractivity contribution in [2.45, 2.75) is 57.8 Å². The SMILES string of the molecule is CC(C)c1[nH]c(=O)[nH]c1C1CCCCC1. The Morgan fingerprint density at radius 1 is 1.13 bits per heavy atom. The number of hydrogen-bond donors (Lipinski definition) is 2. The smallest absolute Gasteiger partial charge is 0.309 e. The fourth-order valence-electron chi connectivity index (χ4n) is 2.58. The zero-order valence-electron chi connectivity index (χ0n) is 9.60. The van der Waals surface area contributed by atoms with Gasteiger partial charge in [-0.15, -0.1) is 0 Å². The van der Waals surface area contributed by atoms with Gasteiger partial charge in [-0.3, -0.25) is 0 Å². The van der Waals surface area contributed by atoms with Crippen LogP contribution in [0.1, 0.15) is 69.2 Å². The minimum absolute atomic E-state index is 0.0423. The number of aromatic amines is 2. The van der Waals surface area contributed by atoms with Crippen molar-refractivity contribution < 1.29 is 0 Å². The molecule has 1 aliphatic carbocycles. The van der Waals surface area contributed by atoms with E-state index in [1.54, 1.807) is 0 Å². The molecule has 2 rings (SSSR count). The van der Waals surface area contributed by atoms with Crippen molar-refractivity contribution in [1.82, 2.24) is 9.97 Å². The van der Waals surface area contributed by atoms with E-state index in [0.29, 0.717) is 11.8 Å². The van der Waals surface area contributed by atoms with Crippen LogP contribution < -0.4 is 5.69 Å². The summed E-state index contributed by atoms with van der Waals surface area (Å²) in [5.41, 5.74) is 2.25. The van der Waals surface area contributed by atoms with Crippen LogP contribution in [-0.4, -0.2) is 9.97 Å². The van der Waals surface area contributed by atoms with Crippen molar-refractivity contribution in [3.8, 4) is 0 Å². The lowest BCUT2D eigenvalue weighted by Crippen LogP contribution is -2.08. The molecule has 0 atom stereocenters. The first-order chi connectivity index (χ1) is 7.18. The largest absolute Gasteiger partial charge is 0.323 e. The number of nitrogens with one attached hydrogen (secondary N) is 2. The van der Waals surface area contributed by atoms with Gasteiger partial charge in [0.1, 0.15) is 0 Å². The van der Waals surface area contributed by atoms with E-state index in [1.807, 2.05) is 0 Å². The first-order valence-electron chi connectivity index (χ1n) is 6.00. The maximum atomic E-state index is 11.3. The highest BCUT2D eigenvalue weighted by atomic mass is 16.1. The Balaban J connectivity index is 2.29. The average Bonchev–Trinajstić information content (AvgIpc) is 2.62. The summed E-state index contributed by atoms with van der Waals surface area (Å²) in [5, 5.41) is 0. The zero-order chi connectivity index (χ0) is 10.8. The van der Waals surface area contributed by atoms with E-state index in [2.05, 4.69) is 23.8 Å². The molecule has 3 heteroatoms. The van der Waals surface area contributed by atoms with E-state index in [-0.39, 0.29) is 5.69 Å². The molecule has 15 heavy (non-hydrogen) atoms. The highest BCUT2D eigenvalue weighted by molar-refractivity contribution is 5.19. The Morgan fingerprint density at radius 3 is 2.40 bits per heavy atom. The number of aromatic nitrogens is 2. The standard InChI is InChI=1S/C12H20N2O/c1-8(2)10-11(14-12(15)13-10)9-6-4-3-5-7-9/h8-9H,3-7H2,1-2H3,(H2,13,14,15). The normalized spacial score (nSPS) is 18.6. The van der Waals surface area contributed by atoms with Gasteiger partial charge < -0.3 is 9.97 Å². The molecular formula is C12H20N2O. The van der Waals surface area contributed by atoms with Crippen molar-refractivity contribution in [3.05, 3.63) is 21.9 Å². The van der Waals surface area contributed by atoms with Gasteiger partial charge in [0.25, 0.3) is 0 Å². The Kier molecular flexibility index (Phi) is 2.98. The van der Waals surface area contributed by atoms with Crippen LogP contribution in [0.5, 0.6) is 0 Å². The maximum Gasteiger partial charge on any atom is 0.323 e. The summed E-state index contributed by atoms with van der Waals surface area (Å²) in [5.74, 6) is 0.982. The highest BCUT2D eigenvalue weighted by Crippen LogP contribution is 2.34. The molecule has 1 fully saturated rings. The molecular weight excluding hydrogens is 188 g/mol. The summed E-state index contributed by atoms with van der Waals surface area (Å²) in [4.78, 5) is 17.3. The number of H-pyrrole nitrogens is 2. The van der Waals surface area contributed by atoms with Crippen molar-refractivity contribution in [2.24, 2.45) is 0 Å². The van der Waals surface area contributed by atoms with Gasteiger partial charge in [0.05, 0.1) is 0 Å². The van der Waals surface area contributed by atoms with E-state index in [0.717, 1.165) is 5.69 Å². The predicted octanol–water partition coefficient (Wildman–Crippen LogP) is 2.87. The molecule has 3 nitrogen and oxygen atoms in total. The van der Waals surface area contributed by atoms with E-state index in [9.17, 15) is 4.79 Å². The summed E-state index contributed by atoms with van der Waals surface area (Å²) in [6, 6.07) is 0. The predicted molar refractivity (Wildman–Crippen MR) is 61.3 cm³/mol. The van der Waals surface area contributed by atoms with Crippen LogP contribution in [0.2, 0.25) is 0 Å². The zero-order valence-corrected chi connectivity index (χ0v) is 9.60. The monoisotopic (exact) mass is 208 g/mol. The van der Waals surface area contributed by atoms with Crippen LogP contribution >= 0.6 is 0 Å². The fraction of sp³-hybridized carbons (Fsp3) is 0.750. The lowest BCUT2D eigenvalue weighted by atomic mass is 9.85. The molecule has 0 aliphatic heterocycles. The van der Waals surface area contributed by atoms with E-state index < -0.39 is 0 Å². The summed E-state index contributed by atoms with van der Waals surface area (Å²) in [6.07, 6.45) is 6.41. The van der Waals surface area contributed by atoms with Crippen molar-refractivity contribution in [1.29, 1.82) is 0 Å². The molecule has 0 bridgehead atoms. The van der Waals surface area contributed by atoms with Crippen LogP contribution in [0.15, 0.2) is 4.79 Å². The van der Waals surface area contributed by atoms with E-state index in [1.165, 1.54) is 37.8 Å². The second-order valence-electron chi connectivity index (χ2n) is 4.90. The Labute approximate surface area is 90.3 Å². The van der Waals surface area contributed by atoms with Gasteiger partial charge in [0.2, 0.25) is 0 Å². The molecule has 1 saturated carbocycles. The second-order valence-corrected chi connectivity index (χ2v) is 4.90. The molecule has 0 saturated heterocycles. The molecule has 1 aromatic rings. The quantitative estimate of drug-likeness (QED) is 0.771. The number of hydrogen-bond acceptors (Lipinski definition) is 1. The average molecular weight is 208 g/mol. The summed E-state index contributed by atoms with van der Waals surface area (Å²) < 4.78 is 0. The lowest BCUT2D eigenvalue weighted by molar-refractivity contribution is 0.434. The van der Waals surface area contributed by atoms with Gasteiger partial charge in [-0.1, -0.05) is 33.1 Å². The van der Waals surface area contributed by atoms with E-state index in [4.69, 9.17) is 0 Å². The van der Waals surface area contributed by atoms with Gasteiger partial charge in [0, 0.05) is 17.3 Å². The summed E-state index contributed by atoms with van der Waals surface area (Å²) in [6.45, 7) is 4.26. The first-order valence-corrected chi connectivity index (χ1v) is 6.00. The molecule has 84 valence electrons. The molecule has 0 radical (unpaired) electrons. The molecule has 0 unspecified atom stereocenters. The van der Waals surface area contributed by atoms with Gasteiger partial charge >= 0.3 is 5.69 Å². The van der Waals surface area contributed by atoms with Crippen molar-refractivity contribution >= 4 is 0 Å². The topological polar surface area (TPSA) is 48.6 Å². The summed E-state index contributed by atoms with van der Waals surface area (Å²) >= 11 is 0. The fourth-order valence-corrected chi connectivity index (χ4v) is 2.58. The van der Waals surface area contributed by atoms with Crippen LogP contribution in [-0.2, 0) is 0 Å². The van der Waals surface area contributed by atoms with Gasteiger partial charge in [-0.05, 0) is 18.8 Å². The third-order valence-corrected chi connectivity index (χ3v) is 3.38. The third-order valence-electron chi connectivity index (χ3n) is 3.38. The third kappa shape index (κ3) is 2.16. The molecule has 0 amide bonds. The van der Waals surface area contributed by atoms with Crippen LogP contribution in [0.25, 0.3) is 0 Å². The number of rotatable bonds is 2. The summed E-state index contributed by atoms with van der Waals surface area (Å²) in [7, 11) is 0. The highest BCUT2D eigenvalue weighted by Gasteiger charge is 2.21. The van der Waals surface area contributed by atoms with Gasteiger partial charge in [0.15, 0.2) is 0 Å². The molecule has 2 N–H and O–H groups in total. The van der Waals surface area contributed by atoms with Crippen molar-refractivity contribution in [2.75, 3.05) is 0 Å². The Bertz CT molecular complexity index is 369. The van der Waals surface area contributed by atoms with Crippen LogP contribution in [0.4, 0.5) is 0 Å². The van der Waals surface area contributed by atoms with Crippen LogP contribution in [0.3, 0.4) is 0 Å². The molecule has 1 aromatic heterocycles. The van der Waals surface area contributed by atoms with Gasteiger partial charge in [-0.25, -0.2) is 4.79 Å². The Morgan fingerprint density at radius 2 is 1.80 bits per heavy atom. The minimum Gasteiger partial charge on any atom is -0.309 e.